The summed E-state index contributed by atoms with van der Waals surface area (Å²) in [5.41, 5.74) is -0.728. The van der Waals surface area contributed by atoms with Crippen molar-refractivity contribution in [1.29, 1.82) is 0 Å². The fraction of sp³-hybridized carbons (Fsp3) is 0.125. The molecule has 0 aliphatic carbocycles. The van der Waals surface area contributed by atoms with Crippen molar-refractivity contribution < 1.29 is 39.9 Å². The van der Waals surface area contributed by atoms with Crippen molar-refractivity contribution in [3.8, 4) is 0 Å². The Hall–Kier alpha value is -3.90. The topological polar surface area (TPSA) is 201 Å². The Morgan fingerprint density at radius 2 is 1.21 bits per heavy atom. The Bertz CT molecular complexity index is 926. The average molecular weight is 394 g/mol. The Labute approximate surface area is 156 Å². The molecule has 0 unspecified atom stereocenters. The van der Waals surface area contributed by atoms with Crippen LogP contribution in [0.5, 0.6) is 0 Å². The molecule has 4 N–H and O–H groups in total. The molecule has 0 aliphatic heterocycles. The third kappa shape index (κ3) is 5.55. The number of nitrogens with zero attached hydrogens (tertiary/aromatic N) is 2. The second-order valence-corrected chi connectivity index (χ2v) is 5.12. The SMILES string of the molecule is O=C(O)c1ccc([N+](=O)[O-])cc1C(=O)O.O=[N+]([O-])c1ccc(CO)c(CO)c1. The second kappa shape index (κ2) is 9.70. The van der Waals surface area contributed by atoms with Crippen LogP contribution in [0, 0.1) is 20.2 Å². The minimum absolute atomic E-state index is 0.0822. The molecule has 0 saturated carbocycles. The van der Waals surface area contributed by atoms with Gasteiger partial charge in [-0.3, -0.25) is 20.2 Å². The zero-order valence-corrected chi connectivity index (χ0v) is 14.0. The lowest BCUT2D eigenvalue weighted by atomic mass is 10.1. The van der Waals surface area contributed by atoms with E-state index < -0.39 is 38.6 Å². The van der Waals surface area contributed by atoms with Crippen LogP contribution in [-0.4, -0.2) is 42.2 Å². The normalized spacial score (nSPS) is 9.79. The lowest BCUT2D eigenvalue weighted by Gasteiger charge is -2.02. The van der Waals surface area contributed by atoms with Crippen molar-refractivity contribution in [2.24, 2.45) is 0 Å². The molecular weight excluding hydrogens is 380 g/mol. The van der Waals surface area contributed by atoms with Gasteiger partial charge in [-0.25, -0.2) is 9.59 Å². The molecule has 0 saturated heterocycles. The van der Waals surface area contributed by atoms with Crippen molar-refractivity contribution in [2.75, 3.05) is 0 Å². The van der Waals surface area contributed by atoms with Crippen molar-refractivity contribution in [1.82, 2.24) is 0 Å². The summed E-state index contributed by atoms with van der Waals surface area (Å²) in [5, 5.41) is 55.5. The van der Waals surface area contributed by atoms with Gasteiger partial charge in [0, 0.05) is 24.3 Å². The Morgan fingerprint density at radius 3 is 1.64 bits per heavy atom. The number of carboxylic acids is 2. The number of hydrogen-bond acceptors (Lipinski definition) is 8. The number of carbonyl (C=O) groups is 2. The third-order valence-corrected chi connectivity index (χ3v) is 3.42. The number of nitro groups is 2. The van der Waals surface area contributed by atoms with Gasteiger partial charge < -0.3 is 20.4 Å². The third-order valence-electron chi connectivity index (χ3n) is 3.42. The Balaban J connectivity index is 0.000000283. The predicted octanol–water partition coefficient (Wildman–Crippen LogP) is 1.57. The summed E-state index contributed by atoms with van der Waals surface area (Å²) in [4.78, 5) is 40.5. The average Bonchev–Trinajstić information content (AvgIpc) is 2.66. The molecule has 0 atom stereocenters. The quantitative estimate of drug-likeness (QED) is 0.411. The molecule has 0 aliphatic rings. The van der Waals surface area contributed by atoms with Crippen LogP contribution in [0.3, 0.4) is 0 Å². The summed E-state index contributed by atoms with van der Waals surface area (Å²) in [7, 11) is 0. The van der Waals surface area contributed by atoms with Gasteiger partial charge >= 0.3 is 11.9 Å². The first-order valence-electron chi connectivity index (χ1n) is 7.35. The molecule has 2 aromatic rings. The van der Waals surface area contributed by atoms with E-state index >= 15 is 0 Å². The second-order valence-electron chi connectivity index (χ2n) is 5.12. The van der Waals surface area contributed by atoms with E-state index in [4.69, 9.17) is 20.4 Å². The number of nitro benzene ring substituents is 2. The summed E-state index contributed by atoms with van der Waals surface area (Å²) in [5.74, 6) is -2.96. The highest BCUT2D eigenvalue weighted by Crippen LogP contribution is 2.18. The van der Waals surface area contributed by atoms with Gasteiger partial charge in [0.05, 0.1) is 34.2 Å². The first-order chi connectivity index (χ1) is 13.1. The van der Waals surface area contributed by atoms with Gasteiger partial charge in [-0.15, -0.1) is 0 Å². The summed E-state index contributed by atoms with van der Waals surface area (Å²) < 4.78 is 0. The molecule has 2 aromatic carbocycles. The zero-order valence-electron chi connectivity index (χ0n) is 14.0. The Kier molecular flexibility index (Phi) is 7.67. The molecule has 0 fully saturated rings. The minimum atomic E-state index is -1.52. The van der Waals surface area contributed by atoms with Gasteiger partial charge in [-0.05, 0) is 23.3 Å². The standard InChI is InChI=1S/C8H5NO6.C8H9NO4/c10-7(11)5-2-1-4(9(14)15)3-6(5)8(12)13;10-4-6-1-2-8(9(12)13)3-7(6)5-11/h1-3H,(H,10,11)(H,12,13);1-3,10-11H,4-5H2. The highest BCUT2D eigenvalue weighted by Gasteiger charge is 2.19. The first kappa shape index (κ1) is 22.1. The highest BCUT2D eigenvalue weighted by molar-refractivity contribution is 6.02. The molecular formula is C16H14N2O10. The van der Waals surface area contributed by atoms with E-state index in [1.165, 1.54) is 18.2 Å². The number of non-ortho nitro benzene ring substituents is 2. The van der Waals surface area contributed by atoms with Gasteiger partial charge in [0.15, 0.2) is 0 Å². The smallest absolute Gasteiger partial charge is 0.336 e. The van der Waals surface area contributed by atoms with E-state index in [9.17, 15) is 29.8 Å². The molecule has 0 aromatic heterocycles. The van der Waals surface area contributed by atoms with Crippen molar-refractivity contribution in [3.63, 3.8) is 0 Å². The van der Waals surface area contributed by atoms with Crippen LogP contribution in [0.25, 0.3) is 0 Å². The van der Waals surface area contributed by atoms with Crippen LogP contribution >= 0.6 is 0 Å². The van der Waals surface area contributed by atoms with Crippen LogP contribution in [-0.2, 0) is 13.2 Å². The predicted molar refractivity (Wildman–Crippen MR) is 92.0 cm³/mol. The lowest BCUT2D eigenvalue weighted by molar-refractivity contribution is -0.385. The van der Waals surface area contributed by atoms with Gasteiger partial charge in [-0.2, -0.15) is 0 Å². The number of hydrogen-bond donors (Lipinski definition) is 4. The van der Waals surface area contributed by atoms with Crippen LogP contribution < -0.4 is 0 Å². The lowest BCUT2D eigenvalue weighted by Crippen LogP contribution is -2.08. The molecule has 0 radical (unpaired) electrons. The van der Waals surface area contributed by atoms with Crippen LogP contribution in [0.4, 0.5) is 11.4 Å². The maximum absolute atomic E-state index is 10.6. The van der Waals surface area contributed by atoms with Crippen LogP contribution in [0.1, 0.15) is 31.8 Å². The molecule has 28 heavy (non-hydrogen) atoms. The number of aromatic carboxylic acids is 2. The van der Waals surface area contributed by atoms with E-state index in [1.54, 1.807) is 0 Å². The highest BCUT2D eigenvalue weighted by atomic mass is 16.6. The van der Waals surface area contributed by atoms with Crippen molar-refractivity contribution in [3.05, 3.63) is 78.9 Å². The van der Waals surface area contributed by atoms with Crippen LogP contribution in [0.15, 0.2) is 36.4 Å². The molecule has 0 bridgehead atoms. The van der Waals surface area contributed by atoms with Gasteiger partial charge in [0.1, 0.15) is 0 Å². The van der Waals surface area contributed by atoms with E-state index in [0.717, 1.165) is 12.1 Å². The van der Waals surface area contributed by atoms with Crippen molar-refractivity contribution in [2.45, 2.75) is 13.2 Å². The van der Waals surface area contributed by atoms with Gasteiger partial charge in [0.2, 0.25) is 0 Å². The van der Waals surface area contributed by atoms with E-state index in [1.807, 2.05) is 0 Å². The zero-order chi connectivity index (χ0) is 21.4. The van der Waals surface area contributed by atoms with Gasteiger partial charge in [0.25, 0.3) is 11.4 Å². The monoisotopic (exact) mass is 394 g/mol. The van der Waals surface area contributed by atoms with Gasteiger partial charge in [-0.1, -0.05) is 0 Å². The number of benzene rings is 2. The molecule has 12 heteroatoms. The maximum atomic E-state index is 10.6. The number of carboxylic acid groups (broad SMARTS) is 2. The fourth-order valence-corrected chi connectivity index (χ4v) is 2.04. The van der Waals surface area contributed by atoms with E-state index in [0.29, 0.717) is 17.2 Å². The fourth-order valence-electron chi connectivity index (χ4n) is 2.04. The summed E-state index contributed by atoms with van der Waals surface area (Å²) in [6.45, 7) is -0.536. The number of rotatable bonds is 6. The number of aliphatic hydroxyl groups is 2. The largest absolute Gasteiger partial charge is 0.478 e. The van der Waals surface area contributed by atoms with Crippen molar-refractivity contribution >= 4 is 23.3 Å². The summed E-state index contributed by atoms with van der Waals surface area (Å²) in [6.07, 6.45) is 0. The first-order valence-corrected chi connectivity index (χ1v) is 7.35. The number of aliphatic hydroxyl groups excluding tert-OH is 2. The molecule has 12 nitrogen and oxygen atoms in total. The maximum Gasteiger partial charge on any atom is 0.336 e. The van der Waals surface area contributed by atoms with E-state index in [2.05, 4.69) is 0 Å². The molecule has 148 valence electrons. The molecule has 0 spiro atoms. The molecule has 0 heterocycles. The van der Waals surface area contributed by atoms with E-state index in [-0.39, 0.29) is 18.9 Å². The molecule has 2 rings (SSSR count). The Morgan fingerprint density at radius 1 is 0.750 bits per heavy atom. The van der Waals surface area contributed by atoms with Crippen LogP contribution in [0.2, 0.25) is 0 Å². The summed E-state index contributed by atoms with van der Waals surface area (Å²) in [6, 6.07) is 6.53. The summed E-state index contributed by atoms with van der Waals surface area (Å²) >= 11 is 0. The molecule has 0 amide bonds. The minimum Gasteiger partial charge on any atom is -0.478 e.